The van der Waals surface area contributed by atoms with Crippen molar-refractivity contribution in [2.75, 3.05) is 32.1 Å². The number of nitriles is 1. The molecular weight excluding hydrogens is 258 g/mol. The van der Waals surface area contributed by atoms with Gasteiger partial charge in [-0.25, -0.2) is 0 Å². The van der Waals surface area contributed by atoms with E-state index in [0.717, 1.165) is 17.8 Å². The third kappa shape index (κ3) is 3.20. The summed E-state index contributed by atoms with van der Waals surface area (Å²) in [5.41, 5.74) is 2.70. The molecule has 1 aromatic carbocycles. The number of nitrogens with zero attached hydrogens (tertiary/aromatic N) is 3. The van der Waals surface area contributed by atoms with Crippen LogP contribution >= 0.6 is 11.6 Å². The third-order valence-corrected chi connectivity index (χ3v) is 4.21. The first kappa shape index (κ1) is 14.2. The fraction of sp³-hybridized carbons (Fsp3) is 0.533. The molecule has 19 heavy (non-hydrogen) atoms. The maximum atomic E-state index is 9.27. The molecule has 2 rings (SSSR count). The molecule has 1 fully saturated rings. The molecule has 0 bridgehead atoms. The van der Waals surface area contributed by atoms with E-state index in [2.05, 4.69) is 30.0 Å². The molecule has 1 aromatic rings. The van der Waals surface area contributed by atoms with Crippen molar-refractivity contribution in [1.82, 2.24) is 4.90 Å². The molecule has 1 heterocycles. The normalized spacial score (nSPS) is 19.4. The number of rotatable bonds is 4. The van der Waals surface area contributed by atoms with Crippen LogP contribution in [0.25, 0.3) is 0 Å². The second kappa shape index (κ2) is 6.27. The summed E-state index contributed by atoms with van der Waals surface area (Å²) in [7, 11) is 4.23. The number of benzene rings is 1. The molecule has 0 amide bonds. The minimum Gasteiger partial charge on any atom is -0.372 e. The Kier molecular flexibility index (Phi) is 4.68. The van der Waals surface area contributed by atoms with Gasteiger partial charge in [-0.2, -0.15) is 5.26 Å². The van der Waals surface area contributed by atoms with Gasteiger partial charge in [0, 0.05) is 25.5 Å². The van der Waals surface area contributed by atoms with E-state index in [9.17, 15) is 5.26 Å². The second-order valence-electron chi connectivity index (χ2n) is 5.25. The van der Waals surface area contributed by atoms with Gasteiger partial charge >= 0.3 is 0 Å². The minimum atomic E-state index is 0.448. The summed E-state index contributed by atoms with van der Waals surface area (Å²) in [6.07, 6.45) is 2.51. The van der Waals surface area contributed by atoms with Crippen molar-refractivity contribution in [3.63, 3.8) is 0 Å². The maximum Gasteiger partial charge on any atom is 0.101 e. The van der Waals surface area contributed by atoms with Crippen LogP contribution in [-0.4, -0.2) is 38.1 Å². The highest BCUT2D eigenvalue weighted by Crippen LogP contribution is 2.24. The zero-order chi connectivity index (χ0) is 13.8. The van der Waals surface area contributed by atoms with E-state index in [1.54, 1.807) is 0 Å². The first-order chi connectivity index (χ1) is 9.15. The van der Waals surface area contributed by atoms with Crippen LogP contribution in [0.4, 0.5) is 5.69 Å². The van der Waals surface area contributed by atoms with Crippen LogP contribution in [0.3, 0.4) is 0 Å². The Hall–Kier alpha value is -1.24. The summed E-state index contributed by atoms with van der Waals surface area (Å²) >= 11 is 5.81. The summed E-state index contributed by atoms with van der Waals surface area (Å²) in [5, 5.41) is 9.27. The number of likely N-dealkylation sites (tertiary alicyclic amines) is 1. The lowest BCUT2D eigenvalue weighted by Gasteiger charge is -2.28. The van der Waals surface area contributed by atoms with Gasteiger partial charge in [0.25, 0.3) is 0 Å². The molecule has 1 unspecified atom stereocenters. The SMILES string of the molecule is CN(CC1CCCN1C)c1ccc(CCl)cc1C#N. The Labute approximate surface area is 120 Å². The van der Waals surface area contributed by atoms with E-state index < -0.39 is 0 Å². The topological polar surface area (TPSA) is 30.3 Å². The monoisotopic (exact) mass is 277 g/mol. The zero-order valence-electron chi connectivity index (χ0n) is 11.6. The number of hydrogen-bond donors (Lipinski definition) is 0. The van der Waals surface area contributed by atoms with Gasteiger partial charge in [0.05, 0.1) is 11.3 Å². The van der Waals surface area contributed by atoms with Crippen LogP contribution in [0.2, 0.25) is 0 Å². The molecule has 4 heteroatoms. The summed E-state index contributed by atoms with van der Waals surface area (Å²) in [6, 6.07) is 8.75. The average Bonchev–Trinajstić information content (AvgIpc) is 2.83. The molecular formula is C15H20ClN3. The summed E-state index contributed by atoms with van der Waals surface area (Å²) < 4.78 is 0. The van der Waals surface area contributed by atoms with Gasteiger partial charge in [0.1, 0.15) is 6.07 Å². The van der Waals surface area contributed by atoms with Gasteiger partial charge in [-0.1, -0.05) is 6.07 Å². The molecule has 0 aliphatic carbocycles. The van der Waals surface area contributed by atoms with Gasteiger partial charge in [-0.3, -0.25) is 0 Å². The second-order valence-corrected chi connectivity index (χ2v) is 5.52. The molecule has 1 saturated heterocycles. The molecule has 0 N–H and O–H groups in total. The van der Waals surface area contributed by atoms with Gasteiger partial charge in [-0.15, -0.1) is 11.6 Å². The molecule has 0 aromatic heterocycles. The van der Waals surface area contributed by atoms with Crippen molar-refractivity contribution in [2.24, 2.45) is 0 Å². The Morgan fingerprint density at radius 1 is 1.53 bits per heavy atom. The van der Waals surface area contributed by atoms with Crippen molar-refractivity contribution in [1.29, 1.82) is 5.26 Å². The molecule has 1 atom stereocenters. The number of alkyl halides is 1. The number of likely N-dealkylation sites (N-methyl/N-ethyl adjacent to an activating group) is 2. The van der Waals surface area contributed by atoms with E-state index >= 15 is 0 Å². The van der Waals surface area contributed by atoms with E-state index in [1.807, 2.05) is 18.2 Å². The molecule has 0 spiro atoms. The van der Waals surface area contributed by atoms with Gasteiger partial charge in [-0.05, 0) is 44.1 Å². The minimum absolute atomic E-state index is 0.448. The molecule has 3 nitrogen and oxygen atoms in total. The van der Waals surface area contributed by atoms with Crippen LogP contribution in [0.1, 0.15) is 24.0 Å². The zero-order valence-corrected chi connectivity index (χ0v) is 12.3. The smallest absolute Gasteiger partial charge is 0.101 e. The van der Waals surface area contributed by atoms with Crippen LogP contribution in [0.5, 0.6) is 0 Å². The highest BCUT2D eigenvalue weighted by molar-refractivity contribution is 6.17. The predicted octanol–water partition coefficient (Wildman–Crippen LogP) is 2.83. The Morgan fingerprint density at radius 2 is 2.32 bits per heavy atom. The van der Waals surface area contributed by atoms with E-state index in [-0.39, 0.29) is 0 Å². The van der Waals surface area contributed by atoms with Gasteiger partial charge in [0.2, 0.25) is 0 Å². The van der Waals surface area contributed by atoms with Crippen molar-refractivity contribution in [3.05, 3.63) is 29.3 Å². The first-order valence-corrected chi connectivity index (χ1v) is 7.19. The molecule has 1 aliphatic rings. The summed E-state index contributed by atoms with van der Waals surface area (Å²) in [4.78, 5) is 4.58. The quantitative estimate of drug-likeness (QED) is 0.793. The highest BCUT2D eigenvalue weighted by Gasteiger charge is 2.22. The van der Waals surface area contributed by atoms with Crippen molar-refractivity contribution in [2.45, 2.75) is 24.8 Å². The third-order valence-electron chi connectivity index (χ3n) is 3.90. The lowest BCUT2D eigenvalue weighted by molar-refractivity contribution is 0.314. The average molecular weight is 278 g/mol. The van der Waals surface area contributed by atoms with E-state index in [1.165, 1.54) is 19.4 Å². The van der Waals surface area contributed by atoms with Crippen LogP contribution in [-0.2, 0) is 5.88 Å². The Morgan fingerprint density at radius 3 is 2.89 bits per heavy atom. The predicted molar refractivity (Wildman–Crippen MR) is 79.6 cm³/mol. The standard InChI is InChI=1S/C15H20ClN3/c1-18-7-3-4-14(18)11-19(2)15-6-5-12(9-16)8-13(15)10-17/h5-6,8,14H,3-4,7,9,11H2,1-2H3. The molecule has 102 valence electrons. The number of anilines is 1. The fourth-order valence-corrected chi connectivity index (χ4v) is 2.88. The Balaban J connectivity index is 2.14. The molecule has 0 saturated carbocycles. The molecule has 1 aliphatic heterocycles. The molecule has 0 radical (unpaired) electrons. The number of halogens is 1. The van der Waals surface area contributed by atoms with Crippen molar-refractivity contribution >= 4 is 17.3 Å². The lowest BCUT2D eigenvalue weighted by atomic mass is 10.1. The van der Waals surface area contributed by atoms with Crippen LogP contribution in [0, 0.1) is 11.3 Å². The Bertz CT molecular complexity index is 481. The maximum absolute atomic E-state index is 9.27. The van der Waals surface area contributed by atoms with Crippen molar-refractivity contribution < 1.29 is 0 Å². The van der Waals surface area contributed by atoms with Gasteiger partial charge < -0.3 is 9.80 Å². The van der Waals surface area contributed by atoms with Crippen LogP contribution < -0.4 is 4.90 Å². The van der Waals surface area contributed by atoms with Gasteiger partial charge in [0.15, 0.2) is 0 Å². The fourth-order valence-electron chi connectivity index (χ4n) is 2.71. The van der Waals surface area contributed by atoms with E-state index in [0.29, 0.717) is 17.5 Å². The van der Waals surface area contributed by atoms with Crippen LogP contribution in [0.15, 0.2) is 18.2 Å². The summed E-state index contributed by atoms with van der Waals surface area (Å²) in [6.45, 7) is 2.14. The lowest BCUT2D eigenvalue weighted by Crippen LogP contribution is -2.36. The summed E-state index contributed by atoms with van der Waals surface area (Å²) in [5.74, 6) is 0.448. The first-order valence-electron chi connectivity index (χ1n) is 6.66. The van der Waals surface area contributed by atoms with Crippen molar-refractivity contribution in [3.8, 4) is 6.07 Å². The largest absolute Gasteiger partial charge is 0.372 e. The highest BCUT2D eigenvalue weighted by atomic mass is 35.5. The number of hydrogen-bond acceptors (Lipinski definition) is 3. The van der Waals surface area contributed by atoms with E-state index in [4.69, 9.17) is 11.6 Å².